The number of nitrogens with one attached hydrogen (secondary N) is 2. The van der Waals surface area contributed by atoms with Crippen molar-refractivity contribution >= 4 is 12.0 Å². The van der Waals surface area contributed by atoms with E-state index in [-0.39, 0.29) is 18.4 Å². The van der Waals surface area contributed by atoms with Gasteiger partial charge < -0.3 is 15.4 Å². The SMILES string of the molecule is CCCCCCCCCCCCCNC(=O)NCCC(=O)OC. The average Bonchev–Trinajstić information content (AvgIpc) is 2.55. The fourth-order valence-corrected chi connectivity index (χ4v) is 2.43. The minimum atomic E-state index is -0.310. The van der Waals surface area contributed by atoms with Crippen molar-refractivity contribution in [3.63, 3.8) is 0 Å². The summed E-state index contributed by atoms with van der Waals surface area (Å²) < 4.78 is 4.50. The van der Waals surface area contributed by atoms with E-state index in [0.717, 1.165) is 12.8 Å². The number of ether oxygens (including phenoxy) is 1. The molecule has 0 unspecified atom stereocenters. The van der Waals surface area contributed by atoms with Gasteiger partial charge in [-0.1, -0.05) is 71.1 Å². The molecule has 5 heteroatoms. The van der Waals surface area contributed by atoms with Crippen molar-refractivity contribution in [2.45, 2.75) is 84.0 Å². The normalized spacial score (nSPS) is 10.3. The Morgan fingerprint density at radius 3 is 1.74 bits per heavy atom. The number of amides is 2. The van der Waals surface area contributed by atoms with Gasteiger partial charge in [-0.2, -0.15) is 0 Å². The number of hydrogen-bond acceptors (Lipinski definition) is 3. The molecule has 0 spiro atoms. The minimum Gasteiger partial charge on any atom is -0.469 e. The highest BCUT2D eigenvalue weighted by Gasteiger charge is 2.02. The summed E-state index contributed by atoms with van der Waals surface area (Å²) in [6, 6.07) is -0.207. The third-order valence-corrected chi connectivity index (χ3v) is 3.91. The number of rotatable bonds is 15. The Hall–Kier alpha value is -1.26. The Bertz CT molecular complexity index is 296. The van der Waals surface area contributed by atoms with Crippen LogP contribution in [0.4, 0.5) is 4.79 Å². The third kappa shape index (κ3) is 16.9. The topological polar surface area (TPSA) is 67.4 Å². The average molecular weight is 328 g/mol. The highest BCUT2D eigenvalue weighted by atomic mass is 16.5. The predicted molar refractivity (Wildman–Crippen MR) is 94.5 cm³/mol. The minimum absolute atomic E-state index is 0.207. The van der Waals surface area contributed by atoms with Crippen molar-refractivity contribution in [1.82, 2.24) is 10.6 Å². The molecule has 0 aliphatic rings. The number of hydrogen-bond donors (Lipinski definition) is 2. The molecule has 2 N–H and O–H groups in total. The van der Waals surface area contributed by atoms with E-state index in [4.69, 9.17) is 0 Å². The van der Waals surface area contributed by atoms with Gasteiger partial charge in [-0.25, -0.2) is 4.79 Å². The number of carbonyl (C=O) groups excluding carboxylic acids is 2. The van der Waals surface area contributed by atoms with Crippen LogP contribution in [0.1, 0.15) is 84.0 Å². The van der Waals surface area contributed by atoms with E-state index in [1.165, 1.54) is 64.9 Å². The van der Waals surface area contributed by atoms with Crippen LogP contribution in [0.15, 0.2) is 0 Å². The molecule has 0 rings (SSSR count). The standard InChI is InChI=1S/C18H36N2O3/c1-3-4-5-6-7-8-9-10-11-12-13-15-19-18(22)20-16-14-17(21)23-2/h3-16H2,1-2H3,(H2,19,20,22). The lowest BCUT2D eigenvalue weighted by molar-refractivity contribution is -0.140. The van der Waals surface area contributed by atoms with Crippen molar-refractivity contribution in [3.05, 3.63) is 0 Å². The molecule has 0 radical (unpaired) electrons. The van der Waals surface area contributed by atoms with Crippen LogP contribution in [-0.2, 0) is 9.53 Å². The number of carbonyl (C=O) groups is 2. The molecule has 0 aromatic carbocycles. The summed E-state index contributed by atoms with van der Waals surface area (Å²) in [5.74, 6) is -0.310. The molecular formula is C18H36N2O3. The first-order valence-electron chi connectivity index (χ1n) is 9.29. The van der Waals surface area contributed by atoms with Gasteiger partial charge in [-0.05, 0) is 6.42 Å². The van der Waals surface area contributed by atoms with Crippen LogP contribution in [0.2, 0.25) is 0 Å². The maximum atomic E-state index is 11.4. The number of unbranched alkanes of at least 4 members (excludes halogenated alkanes) is 10. The van der Waals surface area contributed by atoms with E-state index < -0.39 is 0 Å². The van der Waals surface area contributed by atoms with Gasteiger partial charge in [-0.15, -0.1) is 0 Å². The second kappa shape index (κ2) is 17.1. The molecule has 0 atom stereocenters. The van der Waals surface area contributed by atoms with E-state index in [0.29, 0.717) is 13.1 Å². The number of urea groups is 1. The lowest BCUT2D eigenvalue weighted by atomic mass is 10.1. The van der Waals surface area contributed by atoms with E-state index >= 15 is 0 Å². The zero-order valence-electron chi connectivity index (χ0n) is 15.1. The van der Waals surface area contributed by atoms with Gasteiger partial charge in [0, 0.05) is 13.1 Å². The lowest BCUT2D eigenvalue weighted by Crippen LogP contribution is -2.37. The zero-order chi connectivity index (χ0) is 17.2. The largest absolute Gasteiger partial charge is 0.469 e. The molecule has 0 aliphatic carbocycles. The predicted octanol–water partition coefficient (Wildman–Crippen LogP) is 4.16. The van der Waals surface area contributed by atoms with Crippen molar-refractivity contribution in [1.29, 1.82) is 0 Å². The fourth-order valence-electron chi connectivity index (χ4n) is 2.43. The van der Waals surface area contributed by atoms with Gasteiger partial charge in [0.05, 0.1) is 13.5 Å². The molecule has 0 bridgehead atoms. The van der Waals surface area contributed by atoms with Gasteiger partial charge in [0.1, 0.15) is 0 Å². The summed E-state index contributed by atoms with van der Waals surface area (Å²) in [6.45, 7) is 3.26. The summed E-state index contributed by atoms with van der Waals surface area (Å²) in [7, 11) is 1.34. The molecular weight excluding hydrogens is 292 g/mol. The first-order valence-corrected chi connectivity index (χ1v) is 9.29. The van der Waals surface area contributed by atoms with E-state index in [2.05, 4.69) is 22.3 Å². The Labute approximate surface area is 141 Å². The second-order valence-electron chi connectivity index (χ2n) is 6.04. The molecule has 0 fully saturated rings. The number of methoxy groups -OCH3 is 1. The van der Waals surface area contributed by atoms with Crippen molar-refractivity contribution in [2.75, 3.05) is 20.2 Å². The van der Waals surface area contributed by atoms with Crippen molar-refractivity contribution in [2.24, 2.45) is 0 Å². The van der Waals surface area contributed by atoms with Gasteiger partial charge in [-0.3, -0.25) is 4.79 Å². The molecule has 5 nitrogen and oxygen atoms in total. The molecule has 0 heterocycles. The first kappa shape index (κ1) is 21.7. The molecule has 0 saturated carbocycles. The summed E-state index contributed by atoms with van der Waals surface area (Å²) in [5.41, 5.74) is 0. The summed E-state index contributed by atoms with van der Waals surface area (Å²) in [4.78, 5) is 22.3. The zero-order valence-corrected chi connectivity index (χ0v) is 15.1. The molecule has 0 aliphatic heterocycles. The molecule has 2 amide bonds. The van der Waals surface area contributed by atoms with Crippen LogP contribution in [0.25, 0.3) is 0 Å². The monoisotopic (exact) mass is 328 g/mol. The summed E-state index contributed by atoms with van der Waals surface area (Å²) >= 11 is 0. The van der Waals surface area contributed by atoms with Crippen molar-refractivity contribution < 1.29 is 14.3 Å². The van der Waals surface area contributed by atoms with Crippen LogP contribution in [0, 0.1) is 0 Å². The quantitative estimate of drug-likeness (QED) is 0.350. The van der Waals surface area contributed by atoms with Crippen LogP contribution in [0.3, 0.4) is 0 Å². The first-order chi connectivity index (χ1) is 11.2. The Morgan fingerprint density at radius 1 is 0.739 bits per heavy atom. The molecule has 23 heavy (non-hydrogen) atoms. The Balaban J connectivity index is 3.17. The van der Waals surface area contributed by atoms with E-state index in [9.17, 15) is 9.59 Å². The van der Waals surface area contributed by atoms with Gasteiger partial charge in [0.25, 0.3) is 0 Å². The van der Waals surface area contributed by atoms with Gasteiger partial charge in [0.15, 0.2) is 0 Å². The van der Waals surface area contributed by atoms with Crippen molar-refractivity contribution in [3.8, 4) is 0 Å². The highest BCUT2D eigenvalue weighted by molar-refractivity contribution is 5.75. The maximum absolute atomic E-state index is 11.4. The number of esters is 1. The van der Waals surface area contributed by atoms with Gasteiger partial charge >= 0.3 is 12.0 Å². The Morgan fingerprint density at radius 2 is 1.22 bits per heavy atom. The van der Waals surface area contributed by atoms with Crippen LogP contribution >= 0.6 is 0 Å². The van der Waals surface area contributed by atoms with E-state index in [1.54, 1.807) is 0 Å². The van der Waals surface area contributed by atoms with Crippen LogP contribution in [0.5, 0.6) is 0 Å². The summed E-state index contributed by atoms with van der Waals surface area (Å²) in [6.07, 6.45) is 14.5. The second-order valence-corrected chi connectivity index (χ2v) is 6.04. The van der Waals surface area contributed by atoms with Gasteiger partial charge in [0.2, 0.25) is 0 Å². The smallest absolute Gasteiger partial charge is 0.314 e. The third-order valence-electron chi connectivity index (χ3n) is 3.91. The molecule has 0 aromatic rings. The maximum Gasteiger partial charge on any atom is 0.314 e. The van der Waals surface area contributed by atoms with Crippen LogP contribution < -0.4 is 10.6 Å². The molecule has 136 valence electrons. The molecule has 0 saturated heterocycles. The fraction of sp³-hybridized carbons (Fsp3) is 0.889. The Kier molecular flexibility index (Phi) is 16.2. The lowest BCUT2D eigenvalue weighted by Gasteiger charge is -2.07. The molecule has 0 aromatic heterocycles. The highest BCUT2D eigenvalue weighted by Crippen LogP contribution is 2.10. The van der Waals surface area contributed by atoms with Crippen LogP contribution in [-0.4, -0.2) is 32.2 Å². The van der Waals surface area contributed by atoms with E-state index in [1.807, 2.05) is 0 Å². The summed E-state index contributed by atoms with van der Waals surface area (Å²) in [5, 5.41) is 5.44.